The minimum atomic E-state index is -0.210. The van der Waals surface area contributed by atoms with E-state index in [1.807, 2.05) is 0 Å². The Balaban J connectivity index is 2.07. The first-order valence-corrected chi connectivity index (χ1v) is 6.77. The van der Waals surface area contributed by atoms with Crippen LogP contribution >= 0.6 is 12.2 Å². The summed E-state index contributed by atoms with van der Waals surface area (Å²) in [6.07, 6.45) is 2.48. The number of hydrogen-bond donors (Lipinski definition) is 1. The third kappa shape index (κ3) is 3.27. The second-order valence-corrected chi connectivity index (χ2v) is 5.59. The van der Waals surface area contributed by atoms with Crippen molar-refractivity contribution in [2.45, 2.75) is 26.3 Å². The van der Waals surface area contributed by atoms with Crippen LogP contribution in [0.25, 0.3) is 0 Å². The number of hydrogen-bond acceptors (Lipinski definition) is 2. The van der Waals surface area contributed by atoms with E-state index >= 15 is 0 Å². The lowest BCUT2D eigenvalue weighted by molar-refractivity contribution is 0.175. The van der Waals surface area contributed by atoms with E-state index < -0.39 is 0 Å². The standard InChI is InChI=1S/C14H19FN2S/c1-10-3-2-6-17(8-10)9-12-5-4-11(14(16)18)7-13(12)15/h4-5,7,10H,2-3,6,8-9H2,1H3,(H2,16,18). The highest BCUT2D eigenvalue weighted by molar-refractivity contribution is 7.80. The van der Waals surface area contributed by atoms with E-state index in [0.717, 1.165) is 18.7 Å². The molecule has 0 spiro atoms. The molecule has 1 heterocycles. The Morgan fingerprint density at radius 1 is 1.56 bits per heavy atom. The van der Waals surface area contributed by atoms with Gasteiger partial charge in [0.25, 0.3) is 0 Å². The monoisotopic (exact) mass is 266 g/mol. The summed E-state index contributed by atoms with van der Waals surface area (Å²) >= 11 is 4.84. The molecule has 0 amide bonds. The molecule has 0 aromatic heterocycles. The Morgan fingerprint density at radius 3 is 2.94 bits per heavy atom. The third-order valence-corrected chi connectivity index (χ3v) is 3.71. The van der Waals surface area contributed by atoms with Crippen molar-refractivity contribution in [1.29, 1.82) is 0 Å². The molecule has 1 unspecified atom stereocenters. The lowest BCUT2D eigenvalue weighted by Gasteiger charge is -2.30. The van der Waals surface area contributed by atoms with Gasteiger partial charge in [-0.3, -0.25) is 4.90 Å². The Kier molecular flexibility index (Phi) is 4.30. The Bertz CT molecular complexity index is 447. The normalized spacial score (nSPS) is 20.9. The molecule has 4 heteroatoms. The lowest BCUT2D eigenvalue weighted by Crippen LogP contribution is -2.34. The zero-order valence-corrected chi connectivity index (χ0v) is 11.5. The molecule has 2 rings (SSSR count). The highest BCUT2D eigenvalue weighted by Gasteiger charge is 2.17. The SMILES string of the molecule is CC1CCCN(Cc2ccc(C(N)=S)cc2F)C1. The summed E-state index contributed by atoms with van der Waals surface area (Å²) in [5.74, 6) is 0.497. The van der Waals surface area contributed by atoms with Crippen molar-refractivity contribution >= 4 is 17.2 Å². The maximum atomic E-state index is 13.9. The first kappa shape index (κ1) is 13.4. The highest BCUT2D eigenvalue weighted by Crippen LogP contribution is 2.19. The van der Waals surface area contributed by atoms with Crippen molar-refractivity contribution in [2.24, 2.45) is 11.7 Å². The van der Waals surface area contributed by atoms with Gasteiger partial charge in [0.1, 0.15) is 10.8 Å². The van der Waals surface area contributed by atoms with Crippen LogP contribution in [0.1, 0.15) is 30.9 Å². The molecule has 1 aromatic rings. The van der Waals surface area contributed by atoms with E-state index in [1.54, 1.807) is 12.1 Å². The fourth-order valence-electron chi connectivity index (χ4n) is 2.50. The molecule has 0 saturated carbocycles. The smallest absolute Gasteiger partial charge is 0.128 e. The highest BCUT2D eigenvalue weighted by atomic mass is 32.1. The molecule has 1 atom stereocenters. The Morgan fingerprint density at radius 2 is 2.33 bits per heavy atom. The third-order valence-electron chi connectivity index (χ3n) is 3.47. The second kappa shape index (κ2) is 5.76. The number of nitrogens with two attached hydrogens (primary N) is 1. The average Bonchev–Trinajstić information content (AvgIpc) is 2.31. The summed E-state index contributed by atoms with van der Waals surface area (Å²) in [5, 5.41) is 0. The quantitative estimate of drug-likeness (QED) is 0.853. The Hall–Kier alpha value is -1.00. The molecule has 0 bridgehead atoms. The second-order valence-electron chi connectivity index (χ2n) is 5.15. The molecule has 18 heavy (non-hydrogen) atoms. The van der Waals surface area contributed by atoms with Gasteiger partial charge in [-0.15, -0.1) is 0 Å². The van der Waals surface area contributed by atoms with Crippen LogP contribution in [0.5, 0.6) is 0 Å². The van der Waals surface area contributed by atoms with E-state index in [-0.39, 0.29) is 10.8 Å². The van der Waals surface area contributed by atoms with Crippen LogP contribution in [0.3, 0.4) is 0 Å². The molecule has 1 aliphatic heterocycles. The number of nitrogens with zero attached hydrogens (tertiary/aromatic N) is 1. The largest absolute Gasteiger partial charge is 0.389 e. The van der Waals surface area contributed by atoms with Crippen molar-refractivity contribution < 1.29 is 4.39 Å². The van der Waals surface area contributed by atoms with Gasteiger partial charge in [0.05, 0.1) is 0 Å². The lowest BCUT2D eigenvalue weighted by atomic mass is 9.99. The molecule has 0 radical (unpaired) electrons. The van der Waals surface area contributed by atoms with Gasteiger partial charge in [0.2, 0.25) is 0 Å². The summed E-state index contributed by atoms with van der Waals surface area (Å²) in [6, 6.07) is 5.03. The summed E-state index contributed by atoms with van der Waals surface area (Å²) in [5.41, 5.74) is 6.81. The van der Waals surface area contributed by atoms with Gasteiger partial charge in [-0.2, -0.15) is 0 Å². The predicted octanol–water partition coefficient (Wildman–Crippen LogP) is 2.69. The fourth-order valence-corrected chi connectivity index (χ4v) is 2.63. The molecule has 98 valence electrons. The summed E-state index contributed by atoms with van der Waals surface area (Å²) < 4.78 is 13.9. The summed E-state index contributed by atoms with van der Waals surface area (Å²) in [7, 11) is 0. The van der Waals surface area contributed by atoms with Gasteiger partial charge in [-0.25, -0.2) is 4.39 Å². The number of likely N-dealkylation sites (tertiary alicyclic amines) is 1. The van der Waals surface area contributed by atoms with Crippen molar-refractivity contribution in [3.8, 4) is 0 Å². The van der Waals surface area contributed by atoms with E-state index in [4.69, 9.17) is 18.0 Å². The van der Waals surface area contributed by atoms with E-state index in [0.29, 0.717) is 18.0 Å². The zero-order valence-electron chi connectivity index (χ0n) is 10.7. The van der Waals surface area contributed by atoms with Gasteiger partial charge >= 0.3 is 0 Å². The molecule has 1 fully saturated rings. The Labute approximate surface area is 113 Å². The molecule has 1 saturated heterocycles. The number of piperidine rings is 1. The van der Waals surface area contributed by atoms with Crippen LogP contribution in [0.2, 0.25) is 0 Å². The van der Waals surface area contributed by atoms with Crippen LogP contribution in [0.15, 0.2) is 18.2 Å². The summed E-state index contributed by atoms with van der Waals surface area (Å²) in [6.45, 7) is 5.03. The number of thiocarbonyl (C=S) groups is 1. The molecular weight excluding hydrogens is 247 g/mol. The van der Waals surface area contributed by atoms with Crippen LogP contribution in [0.4, 0.5) is 4.39 Å². The van der Waals surface area contributed by atoms with E-state index in [2.05, 4.69) is 11.8 Å². The van der Waals surface area contributed by atoms with Crippen molar-refractivity contribution in [2.75, 3.05) is 13.1 Å². The van der Waals surface area contributed by atoms with Crippen LogP contribution in [-0.2, 0) is 6.54 Å². The molecule has 1 aromatic carbocycles. The van der Waals surface area contributed by atoms with Crippen LogP contribution < -0.4 is 5.73 Å². The first-order valence-electron chi connectivity index (χ1n) is 6.37. The summed E-state index contributed by atoms with van der Waals surface area (Å²) in [4.78, 5) is 2.56. The predicted molar refractivity (Wildman–Crippen MR) is 76.0 cm³/mol. The average molecular weight is 266 g/mol. The zero-order chi connectivity index (χ0) is 13.1. The van der Waals surface area contributed by atoms with Crippen molar-refractivity contribution in [1.82, 2.24) is 4.90 Å². The van der Waals surface area contributed by atoms with E-state index in [9.17, 15) is 4.39 Å². The molecular formula is C14H19FN2S. The van der Waals surface area contributed by atoms with E-state index in [1.165, 1.54) is 18.9 Å². The maximum Gasteiger partial charge on any atom is 0.128 e. The number of halogens is 1. The van der Waals surface area contributed by atoms with Gasteiger partial charge < -0.3 is 5.73 Å². The van der Waals surface area contributed by atoms with Gasteiger partial charge in [-0.05, 0) is 31.4 Å². The van der Waals surface area contributed by atoms with Crippen molar-refractivity contribution in [3.05, 3.63) is 35.1 Å². The molecule has 1 aliphatic rings. The number of rotatable bonds is 3. The fraction of sp³-hybridized carbons (Fsp3) is 0.500. The minimum absolute atomic E-state index is 0.210. The minimum Gasteiger partial charge on any atom is -0.389 e. The topological polar surface area (TPSA) is 29.3 Å². The number of benzene rings is 1. The van der Waals surface area contributed by atoms with Gasteiger partial charge in [0.15, 0.2) is 0 Å². The van der Waals surface area contributed by atoms with Crippen molar-refractivity contribution in [3.63, 3.8) is 0 Å². The van der Waals surface area contributed by atoms with Crippen LogP contribution in [-0.4, -0.2) is 23.0 Å². The molecule has 2 nitrogen and oxygen atoms in total. The molecule has 2 N–H and O–H groups in total. The maximum absolute atomic E-state index is 13.9. The van der Waals surface area contributed by atoms with Gasteiger partial charge in [0, 0.05) is 24.2 Å². The first-order chi connectivity index (χ1) is 8.56. The van der Waals surface area contributed by atoms with Gasteiger partial charge in [-0.1, -0.05) is 31.3 Å². The molecule has 0 aliphatic carbocycles. The van der Waals surface area contributed by atoms with Crippen LogP contribution in [0, 0.1) is 11.7 Å².